The van der Waals surface area contributed by atoms with Gasteiger partial charge in [-0.1, -0.05) is 36.4 Å². The molecule has 31 heavy (non-hydrogen) atoms. The summed E-state index contributed by atoms with van der Waals surface area (Å²) < 4.78 is 10.8. The van der Waals surface area contributed by atoms with Gasteiger partial charge in [-0.25, -0.2) is 0 Å². The van der Waals surface area contributed by atoms with Gasteiger partial charge in [0.1, 0.15) is 10.8 Å². The molecular weight excluding hydrogens is 412 g/mol. The highest BCUT2D eigenvalue weighted by Gasteiger charge is 2.26. The fourth-order valence-electron chi connectivity index (χ4n) is 3.88. The third-order valence-electron chi connectivity index (χ3n) is 5.35. The Morgan fingerprint density at radius 2 is 1.87 bits per heavy atom. The van der Waals surface area contributed by atoms with E-state index in [1.54, 1.807) is 7.11 Å². The zero-order valence-electron chi connectivity index (χ0n) is 17.5. The van der Waals surface area contributed by atoms with Crippen molar-refractivity contribution >= 4 is 38.9 Å². The summed E-state index contributed by atoms with van der Waals surface area (Å²) in [6, 6.07) is 13.7. The molecule has 0 saturated carbocycles. The average Bonchev–Trinajstić information content (AvgIpc) is 3.15. The van der Waals surface area contributed by atoms with E-state index in [4.69, 9.17) is 9.47 Å². The van der Waals surface area contributed by atoms with E-state index >= 15 is 0 Å². The maximum Gasteiger partial charge on any atom is 0.262 e. The minimum atomic E-state index is -0.280. The van der Waals surface area contributed by atoms with Crippen LogP contribution in [-0.4, -0.2) is 38.7 Å². The molecule has 162 valence electrons. The Labute approximate surface area is 185 Å². The van der Waals surface area contributed by atoms with E-state index in [0.717, 1.165) is 42.0 Å². The fourth-order valence-corrected chi connectivity index (χ4v) is 5.18. The lowest BCUT2D eigenvalue weighted by Crippen LogP contribution is -2.29. The van der Waals surface area contributed by atoms with Gasteiger partial charge in [0.15, 0.2) is 6.61 Å². The van der Waals surface area contributed by atoms with Crippen molar-refractivity contribution in [2.45, 2.75) is 25.7 Å². The van der Waals surface area contributed by atoms with Crippen molar-refractivity contribution in [1.29, 1.82) is 0 Å². The summed E-state index contributed by atoms with van der Waals surface area (Å²) in [6.45, 7) is 0.747. The van der Waals surface area contributed by atoms with Crippen LogP contribution in [0.4, 0.5) is 5.00 Å². The Kier molecular flexibility index (Phi) is 6.84. The number of anilines is 1. The molecule has 1 aliphatic carbocycles. The minimum Gasteiger partial charge on any atom is -0.483 e. The highest BCUT2D eigenvalue weighted by molar-refractivity contribution is 7.17. The van der Waals surface area contributed by atoms with Crippen molar-refractivity contribution in [1.82, 2.24) is 5.32 Å². The molecule has 0 unspecified atom stereocenters. The lowest BCUT2D eigenvalue weighted by atomic mass is 9.95. The number of amides is 2. The molecule has 2 amide bonds. The van der Waals surface area contributed by atoms with Crippen LogP contribution in [0.15, 0.2) is 42.5 Å². The number of fused-ring (bicyclic) bond motifs is 2. The highest BCUT2D eigenvalue weighted by atomic mass is 32.1. The lowest BCUT2D eigenvalue weighted by molar-refractivity contribution is -0.118. The summed E-state index contributed by atoms with van der Waals surface area (Å²) in [6.07, 6.45) is 3.97. The molecule has 4 rings (SSSR count). The zero-order chi connectivity index (χ0) is 21.6. The molecule has 6 nitrogen and oxygen atoms in total. The normalized spacial score (nSPS) is 12.9. The molecule has 1 heterocycles. The molecule has 0 radical (unpaired) electrons. The number of aryl methyl sites for hydroxylation is 1. The molecule has 0 spiro atoms. The maximum absolute atomic E-state index is 12.8. The number of hydrogen-bond donors (Lipinski definition) is 2. The van der Waals surface area contributed by atoms with Crippen LogP contribution >= 0.6 is 11.3 Å². The first-order chi connectivity index (χ1) is 15.2. The van der Waals surface area contributed by atoms with Crippen LogP contribution in [0.1, 0.15) is 33.6 Å². The second-order valence-electron chi connectivity index (χ2n) is 7.48. The first-order valence-electron chi connectivity index (χ1n) is 10.5. The van der Waals surface area contributed by atoms with Gasteiger partial charge in [0.25, 0.3) is 11.8 Å². The molecule has 0 atom stereocenters. The third kappa shape index (κ3) is 4.89. The molecule has 1 aromatic heterocycles. The van der Waals surface area contributed by atoms with Crippen LogP contribution in [-0.2, 0) is 22.4 Å². The Morgan fingerprint density at radius 1 is 1.06 bits per heavy atom. The Bertz CT molecular complexity index is 1090. The van der Waals surface area contributed by atoms with Gasteiger partial charge in [-0.2, -0.15) is 0 Å². The first kappa shape index (κ1) is 21.3. The summed E-state index contributed by atoms with van der Waals surface area (Å²) in [5.74, 6) is 0.218. The van der Waals surface area contributed by atoms with Gasteiger partial charge >= 0.3 is 0 Å². The molecule has 0 fully saturated rings. The minimum absolute atomic E-state index is 0.124. The predicted octanol–water partition coefficient (Wildman–Crippen LogP) is 4.17. The van der Waals surface area contributed by atoms with Crippen LogP contribution in [0.3, 0.4) is 0 Å². The molecule has 0 bridgehead atoms. The Morgan fingerprint density at radius 3 is 2.74 bits per heavy atom. The molecule has 2 aromatic carbocycles. The lowest BCUT2D eigenvalue weighted by Gasteiger charge is -2.13. The van der Waals surface area contributed by atoms with Crippen molar-refractivity contribution in [3.05, 3.63) is 58.5 Å². The van der Waals surface area contributed by atoms with Crippen molar-refractivity contribution < 1.29 is 19.1 Å². The van der Waals surface area contributed by atoms with E-state index in [0.29, 0.717) is 29.5 Å². The molecule has 2 N–H and O–H groups in total. The molecule has 3 aromatic rings. The summed E-state index contributed by atoms with van der Waals surface area (Å²) in [5.41, 5.74) is 1.66. The molecule has 0 saturated heterocycles. The summed E-state index contributed by atoms with van der Waals surface area (Å²) >= 11 is 1.50. The standard InChI is InChI=1S/C24H26N2O4S/c1-29-14-13-25-23(28)22-18-10-4-5-12-20(18)31-24(22)26-21(27)15-30-19-11-6-8-16-7-2-3-9-17(16)19/h2-3,6-9,11H,4-5,10,12-15H2,1H3,(H,25,28)(H,26,27). The smallest absolute Gasteiger partial charge is 0.262 e. The van der Waals surface area contributed by atoms with E-state index in [1.165, 1.54) is 16.2 Å². The van der Waals surface area contributed by atoms with Crippen LogP contribution in [0.2, 0.25) is 0 Å². The van der Waals surface area contributed by atoms with Crippen molar-refractivity contribution in [3.63, 3.8) is 0 Å². The highest BCUT2D eigenvalue weighted by Crippen LogP contribution is 2.38. The largest absolute Gasteiger partial charge is 0.483 e. The number of ether oxygens (including phenoxy) is 2. The fraction of sp³-hybridized carbons (Fsp3) is 0.333. The molecular formula is C24H26N2O4S. The number of thiophene rings is 1. The van der Waals surface area contributed by atoms with Gasteiger partial charge in [0.05, 0.1) is 12.2 Å². The second-order valence-corrected chi connectivity index (χ2v) is 8.58. The average molecular weight is 439 g/mol. The number of benzene rings is 2. The monoisotopic (exact) mass is 438 g/mol. The van der Waals surface area contributed by atoms with E-state index in [2.05, 4.69) is 10.6 Å². The van der Waals surface area contributed by atoms with Crippen molar-refractivity contribution in [2.75, 3.05) is 32.2 Å². The van der Waals surface area contributed by atoms with E-state index in [9.17, 15) is 9.59 Å². The third-order valence-corrected chi connectivity index (χ3v) is 6.56. The topological polar surface area (TPSA) is 76.7 Å². The molecule has 7 heteroatoms. The van der Waals surface area contributed by atoms with Crippen molar-refractivity contribution in [3.8, 4) is 5.75 Å². The van der Waals surface area contributed by atoms with Gasteiger partial charge in [-0.15, -0.1) is 11.3 Å². The number of carbonyl (C=O) groups excluding carboxylic acids is 2. The van der Waals surface area contributed by atoms with Gasteiger partial charge in [-0.3, -0.25) is 9.59 Å². The SMILES string of the molecule is COCCNC(=O)c1c(NC(=O)COc2cccc3ccccc23)sc2c1CCCC2. The van der Waals surface area contributed by atoms with Gasteiger partial charge < -0.3 is 20.1 Å². The summed E-state index contributed by atoms with van der Waals surface area (Å²) in [7, 11) is 1.60. The second kappa shape index (κ2) is 9.94. The maximum atomic E-state index is 12.8. The van der Waals surface area contributed by atoms with Crippen LogP contribution in [0.5, 0.6) is 5.75 Å². The molecule has 0 aliphatic heterocycles. The first-order valence-corrected chi connectivity index (χ1v) is 11.3. The molecule has 1 aliphatic rings. The number of hydrogen-bond acceptors (Lipinski definition) is 5. The van der Waals surface area contributed by atoms with E-state index < -0.39 is 0 Å². The number of rotatable bonds is 8. The van der Waals surface area contributed by atoms with Crippen LogP contribution < -0.4 is 15.4 Å². The Hall–Kier alpha value is -2.90. The van der Waals surface area contributed by atoms with Crippen LogP contribution in [0.25, 0.3) is 10.8 Å². The van der Waals surface area contributed by atoms with Gasteiger partial charge in [0, 0.05) is 23.9 Å². The number of carbonyl (C=O) groups is 2. The number of methoxy groups -OCH3 is 1. The zero-order valence-corrected chi connectivity index (χ0v) is 18.3. The van der Waals surface area contributed by atoms with Gasteiger partial charge in [-0.05, 0) is 42.7 Å². The quantitative estimate of drug-likeness (QED) is 0.518. The van der Waals surface area contributed by atoms with E-state index in [-0.39, 0.29) is 18.4 Å². The summed E-state index contributed by atoms with van der Waals surface area (Å²) in [5, 5.41) is 8.43. The number of nitrogens with one attached hydrogen (secondary N) is 2. The van der Waals surface area contributed by atoms with E-state index in [1.807, 2.05) is 42.5 Å². The van der Waals surface area contributed by atoms with Crippen molar-refractivity contribution in [2.24, 2.45) is 0 Å². The van der Waals surface area contributed by atoms with Crippen LogP contribution in [0, 0.1) is 0 Å². The predicted molar refractivity (Wildman–Crippen MR) is 123 cm³/mol. The van der Waals surface area contributed by atoms with Gasteiger partial charge in [0.2, 0.25) is 0 Å². The Balaban J connectivity index is 1.48. The summed E-state index contributed by atoms with van der Waals surface area (Å²) in [4.78, 5) is 26.7.